The smallest absolute Gasteiger partial charge is 0.0991 e. The van der Waals surface area contributed by atoms with Gasteiger partial charge in [-0.3, -0.25) is 0 Å². The maximum atomic E-state index is 8.87. The van der Waals surface area contributed by atoms with Gasteiger partial charge in [0, 0.05) is 0 Å². The Balaban J connectivity index is 1.71. The van der Waals surface area contributed by atoms with Gasteiger partial charge in [0.2, 0.25) is 0 Å². The SMILES string of the molecule is CCC1CCC(c2ccc(-c3ccc(C#N)cc3)cc2)CC1. The second-order valence-electron chi connectivity index (χ2n) is 6.44. The molecule has 0 unspecified atom stereocenters. The average molecular weight is 289 g/mol. The van der Waals surface area contributed by atoms with Crippen LogP contribution in [0.25, 0.3) is 11.1 Å². The summed E-state index contributed by atoms with van der Waals surface area (Å²) in [5.41, 5.74) is 4.62. The zero-order valence-electron chi connectivity index (χ0n) is 13.3. The molecule has 0 bridgehead atoms. The summed E-state index contributed by atoms with van der Waals surface area (Å²) in [6.07, 6.45) is 6.80. The second-order valence-corrected chi connectivity index (χ2v) is 6.44. The van der Waals surface area contributed by atoms with Crippen molar-refractivity contribution >= 4 is 0 Å². The van der Waals surface area contributed by atoms with Crippen molar-refractivity contribution in [1.82, 2.24) is 0 Å². The van der Waals surface area contributed by atoms with E-state index in [1.54, 1.807) is 0 Å². The summed E-state index contributed by atoms with van der Waals surface area (Å²) in [7, 11) is 0. The highest BCUT2D eigenvalue weighted by molar-refractivity contribution is 5.64. The van der Waals surface area contributed by atoms with Gasteiger partial charge in [-0.1, -0.05) is 49.7 Å². The molecule has 1 heteroatoms. The molecule has 1 nitrogen and oxygen atoms in total. The van der Waals surface area contributed by atoms with Crippen molar-refractivity contribution in [3.63, 3.8) is 0 Å². The Hall–Kier alpha value is -2.07. The monoisotopic (exact) mass is 289 g/mol. The van der Waals surface area contributed by atoms with E-state index in [2.05, 4.69) is 37.3 Å². The van der Waals surface area contributed by atoms with Crippen LogP contribution in [0.5, 0.6) is 0 Å². The maximum absolute atomic E-state index is 8.87. The number of nitriles is 1. The van der Waals surface area contributed by atoms with E-state index in [1.807, 2.05) is 24.3 Å². The minimum absolute atomic E-state index is 0.716. The molecule has 22 heavy (non-hydrogen) atoms. The third-order valence-electron chi connectivity index (χ3n) is 5.15. The first-order chi connectivity index (χ1) is 10.8. The molecule has 1 aliphatic rings. The fourth-order valence-corrected chi connectivity index (χ4v) is 3.59. The van der Waals surface area contributed by atoms with Crippen molar-refractivity contribution in [2.75, 3.05) is 0 Å². The zero-order valence-corrected chi connectivity index (χ0v) is 13.3. The van der Waals surface area contributed by atoms with E-state index in [1.165, 1.54) is 48.8 Å². The van der Waals surface area contributed by atoms with Gasteiger partial charge in [0.05, 0.1) is 11.6 Å². The Morgan fingerprint density at radius 1 is 0.864 bits per heavy atom. The van der Waals surface area contributed by atoms with Crippen LogP contribution in [0.3, 0.4) is 0 Å². The molecule has 0 saturated heterocycles. The molecule has 0 N–H and O–H groups in total. The Labute approximate surface area is 133 Å². The molecule has 0 amide bonds. The van der Waals surface area contributed by atoms with Crippen LogP contribution >= 0.6 is 0 Å². The number of hydrogen-bond acceptors (Lipinski definition) is 1. The van der Waals surface area contributed by atoms with E-state index in [0.717, 1.165) is 11.8 Å². The lowest BCUT2D eigenvalue weighted by Gasteiger charge is -2.28. The van der Waals surface area contributed by atoms with Crippen LogP contribution in [0, 0.1) is 17.2 Å². The van der Waals surface area contributed by atoms with Gasteiger partial charge >= 0.3 is 0 Å². The highest BCUT2D eigenvalue weighted by atomic mass is 14.3. The fraction of sp³-hybridized carbons (Fsp3) is 0.381. The largest absolute Gasteiger partial charge is 0.192 e. The van der Waals surface area contributed by atoms with Crippen molar-refractivity contribution < 1.29 is 0 Å². The van der Waals surface area contributed by atoms with Crippen LogP contribution in [0.2, 0.25) is 0 Å². The molecule has 0 heterocycles. The van der Waals surface area contributed by atoms with Crippen LogP contribution in [-0.2, 0) is 0 Å². The van der Waals surface area contributed by atoms with Crippen molar-refractivity contribution in [2.24, 2.45) is 5.92 Å². The first kappa shape index (κ1) is 14.9. The fourth-order valence-electron chi connectivity index (χ4n) is 3.59. The highest BCUT2D eigenvalue weighted by Crippen LogP contribution is 2.37. The summed E-state index contributed by atoms with van der Waals surface area (Å²) >= 11 is 0. The lowest BCUT2D eigenvalue weighted by Crippen LogP contribution is -2.12. The van der Waals surface area contributed by atoms with E-state index in [4.69, 9.17) is 5.26 Å². The average Bonchev–Trinajstić information content (AvgIpc) is 2.62. The third kappa shape index (κ3) is 3.22. The number of nitrogens with zero attached hydrogens (tertiary/aromatic N) is 1. The first-order valence-electron chi connectivity index (χ1n) is 8.40. The summed E-state index contributed by atoms with van der Waals surface area (Å²) in [6.45, 7) is 2.32. The molecule has 2 aromatic rings. The number of hydrogen-bond donors (Lipinski definition) is 0. The van der Waals surface area contributed by atoms with E-state index in [-0.39, 0.29) is 0 Å². The molecule has 2 aromatic carbocycles. The molecule has 1 saturated carbocycles. The van der Waals surface area contributed by atoms with Crippen molar-refractivity contribution in [3.8, 4) is 17.2 Å². The Bertz CT molecular complexity index is 638. The standard InChI is InChI=1S/C21H23N/c1-2-16-3-7-18(8-4-16)20-11-13-21(14-12-20)19-9-5-17(15-22)6-10-19/h5-6,9-14,16,18H,2-4,7-8H2,1H3. The lowest BCUT2D eigenvalue weighted by molar-refractivity contribution is 0.319. The van der Waals surface area contributed by atoms with Crippen LogP contribution in [-0.4, -0.2) is 0 Å². The number of rotatable bonds is 3. The Kier molecular flexibility index (Phi) is 4.59. The summed E-state index contributed by atoms with van der Waals surface area (Å²) in [5.74, 6) is 1.70. The van der Waals surface area contributed by atoms with Crippen LogP contribution in [0.4, 0.5) is 0 Å². The van der Waals surface area contributed by atoms with Gasteiger partial charge in [-0.2, -0.15) is 5.26 Å². The quantitative estimate of drug-likeness (QED) is 0.689. The highest BCUT2D eigenvalue weighted by Gasteiger charge is 2.21. The number of benzene rings is 2. The molecule has 0 radical (unpaired) electrons. The summed E-state index contributed by atoms with van der Waals surface area (Å²) in [4.78, 5) is 0. The topological polar surface area (TPSA) is 23.8 Å². The summed E-state index contributed by atoms with van der Waals surface area (Å²) < 4.78 is 0. The van der Waals surface area contributed by atoms with E-state index in [0.29, 0.717) is 5.56 Å². The van der Waals surface area contributed by atoms with E-state index in [9.17, 15) is 0 Å². The Morgan fingerprint density at radius 3 is 1.91 bits per heavy atom. The predicted octanol–water partition coefficient (Wildman–Crippen LogP) is 5.91. The first-order valence-corrected chi connectivity index (χ1v) is 8.40. The summed E-state index contributed by atoms with van der Waals surface area (Å²) in [6, 6.07) is 19.0. The van der Waals surface area contributed by atoms with Gasteiger partial charge in [0.15, 0.2) is 0 Å². The van der Waals surface area contributed by atoms with Crippen molar-refractivity contribution in [2.45, 2.75) is 44.9 Å². The van der Waals surface area contributed by atoms with Gasteiger partial charge in [-0.05, 0) is 66.3 Å². The molecular formula is C21H23N. The van der Waals surface area contributed by atoms with E-state index < -0.39 is 0 Å². The van der Waals surface area contributed by atoms with Gasteiger partial charge in [0.1, 0.15) is 0 Å². The summed E-state index contributed by atoms with van der Waals surface area (Å²) in [5, 5.41) is 8.87. The van der Waals surface area contributed by atoms with Crippen molar-refractivity contribution in [3.05, 3.63) is 59.7 Å². The van der Waals surface area contributed by atoms with Crippen LogP contribution in [0.1, 0.15) is 56.1 Å². The predicted molar refractivity (Wildman–Crippen MR) is 91.6 cm³/mol. The van der Waals surface area contributed by atoms with Gasteiger partial charge < -0.3 is 0 Å². The van der Waals surface area contributed by atoms with Crippen LogP contribution < -0.4 is 0 Å². The second kappa shape index (κ2) is 6.79. The molecule has 0 spiro atoms. The van der Waals surface area contributed by atoms with Crippen molar-refractivity contribution in [1.29, 1.82) is 5.26 Å². The minimum Gasteiger partial charge on any atom is -0.192 e. The lowest BCUT2D eigenvalue weighted by atomic mass is 9.77. The van der Waals surface area contributed by atoms with E-state index >= 15 is 0 Å². The molecule has 112 valence electrons. The normalized spacial score (nSPS) is 21.3. The van der Waals surface area contributed by atoms with Gasteiger partial charge in [-0.15, -0.1) is 0 Å². The van der Waals surface area contributed by atoms with Gasteiger partial charge in [-0.25, -0.2) is 0 Å². The van der Waals surface area contributed by atoms with Crippen LogP contribution in [0.15, 0.2) is 48.5 Å². The molecule has 1 aliphatic carbocycles. The molecule has 0 atom stereocenters. The molecular weight excluding hydrogens is 266 g/mol. The zero-order chi connectivity index (χ0) is 15.4. The maximum Gasteiger partial charge on any atom is 0.0991 e. The third-order valence-corrected chi connectivity index (χ3v) is 5.15. The van der Waals surface area contributed by atoms with Gasteiger partial charge in [0.25, 0.3) is 0 Å². The molecule has 0 aliphatic heterocycles. The molecule has 1 fully saturated rings. The molecule has 3 rings (SSSR count). The minimum atomic E-state index is 0.716. The Morgan fingerprint density at radius 2 is 1.41 bits per heavy atom. The molecule has 0 aromatic heterocycles.